The predicted octanol–water partition coefficient (Wildman–Crippen LogP) is 1.62. The molecule has 4 nitrogen and oxygen atoms in total. The lowest BCUT2D eigenvalue weighted by atomic mass is 10.3. The fourth-order valence-corrected chi connectivity index (χ4v) is 1.12. The van der Waals surface area contributed by atoms with Crippen molar-refractivity contribution in [2.75, 3.05) is 11.2 Å². The Morgan fingerprint density at radius 3 is 2.73 bits per heavy atom. The second-order valence-electron chi connectivity index (χ2n) is 2.71. The first kappa shape index (κ1) is 11.8. The summed E-state index contributed by atoms with van der Waals surface area (Å²) < 4.78 is 38.0. The molecule has 15 heavy (non-hydrogen) atoms. The van der Waals surface area contributed by atoms with Crippen LogP contribution in [0.5, 0.6) is 0 Å². The van der Waals surface area contributed by atoms with E-state index in [1.807, 2.05) is 5.32 Å². The van der Waals surface area contributed by atoms with Gasteiger partial charge in [-0.1, -0.05) is 0 Å². The smallest absolute Gasteiger partial charge is 0.322 e. The van der Waals surface area contributed by atoms with Crippen LogP contribution < -0.4 is 5.32 Å². The number of carbonyl (C=O) groups is 1. The first-order valence-electron chi connectivity index (χ1n) is 3.81. The number of rotatable bonds is 2. The highest BCUT2D eigenvalue weighted by atomic mass is 35.5. The average molecular weight is 242 g/mol. The van der Waals surface area contributed by atoms with E-state index in [1.54, 1.807) is 0 Å². The molecule has 1 rings (SSSR count). The lowest BCUT2D eigenvalue weighted by molar-refractivity contribution is -0.143. The van der Waals surface area contributed by atoms with Crippen LogP contribution in [0.1, 0.15) is 5.69 Å². The summed E-state index contributed by atoms with van der Waals surface area (Å²) in [6.07, 6.45) is -3.65. The van der Waals surface area contributed by atoms with Crippen LogP contribution in [-0.4, -0.2) is 21.6 Å². The van der Waals surface area contributed by atoms with Crippen molar-refractivity contribution in [2.45, 2.75) is 6.18 Å². The largest absolute Gasteiger partial charge is 0.435 e. The number of halogens is 4. The van der Waals surface area contributed by atoms with Crippen molar-refractivity contribution in [2.24, 2.45) is 7.05 Å². The molecule has 1 amide bonds. The number of nitrogens with zero attached hydrogens (tertiary/aromatic N) is 2. The van der Waals surface area contributed by atoms with Gasteiger partial charge in [0.25, 0.3) is 0 Å². The highest BCUT2D eigenvalue weighted by Gasteiger charge is 2.37. The SMILES string of the molecule is Cn1ncc(NC(=O)CCl)c1C(F)(F)F. The van der Waals surface area contributed by atoms with Crippen molar-refractivity contribution < 1.29 is 18.0 Å². The van der Waals surface area contributed by atoms with Gasteiger partial charge in [-0.25, -0.2) is 0 Å². The van der Waals surface area contributed by atoms with Crippen LogP contribution in [0.2, 0.25) is 0 Å². The van der Waals surface area contributed by atoms with Gasteiger partial charge in [0.05, 0.1) is 11.9 Å². The van der Waals surface area contributed by atoms with E-state index >= 15 is 0 Å². The minimum absolute atomic E-state index is 0.393. The Balaban J connectivity index is 3.04. The van der Waals surface area contributed by atoms with E-state index in [-0.39, 0.29) is 0 Å². The van der Waals surface area contributed by atoms with Crippen molar-refractivity contribution >= 4 is 23.2 Å². The predicted molar refractivity (Wildman–Crippen MR) is 47.6 cm³/mol. The highest BCUT2D eigenvalue weighted by Crippen LogP contribution is 2.34. The van der Waals surface area contributed by atoms with Gasteiger partial charge in [0.1, 0.15) is 5.88 Å². The second kappa shape index (κ2) is 4.09. The van der Waals surface area contributed by atoms with Crippen LogP contribution in [0.3, 0.4) is 0 Å². The fourth-order valence-electron chi connectivity index (χ4n) is 1.05. The molecule has 1 aromatic heterocycles. The molecule has 0 saturated heterocycles. The monoisotopic (exact) mass is 241 g/mol. The minimum atomic E-state index is -4.57. The van der Waals surface area contributed by atoms with E-state index in [4.69, 9.17) is 11.6 Å². The maximum Gasteiger partial charge on any atom is 0.435 e. The van der Waals surface area contributed by atoms with Crippen LogP contribution in [0.4, 0.5) is 18.9 Å². The summed E-state index contributed by atoms with van der Waals surface area (Å²) in [4.78, 5) is 10.8. The molecular formula is C7H7ClF3N3O. The molecule has 84 valence electrons. The van der Waals surface area contributed by atoms with Crippen LogP contribution in [0, 0.1) is 0 Å². The number of alkyl halides is 4. The van der Waals surface area contributed by atoms with Gasteiger partial charge in [-0.2, -0.15) is 18.3 Å². The zero-order chi connectivity index (χ0) is 11.6. The summed E-state index contributed by atoms with van der Waals surface area (Å²) in [5.74, 6) is -1.12. The third kappa shape index (κ3) is 2.62. The molecule has 1 aromatic rings. The van der Waals surface area contributed by atoms with Crippen LogP contribution >= 0.6 is 11.6 Å². The molecule has 8 heteroatoms. The number of hydrogen-bond acceptors (Lipinski definition) is 2. The number of amides is 1. The maximum atomic E-state index is 12.5. The van der Waals surface area contributed by atoms with Gasteiger partial charge in [-0.05, 0) is 0 Å². The summed E-state index contributed by atoms with van der Waals surface area (Å²) in [5, 5.41) is 5.42. The van der Waals surface area contributed by atoms with Gasteiger partial charge in [0, 0.05) is 7.05 Å². The summed E-state index contributed by atoms with van der Waals surface area (Å²) in [6, 6.07) is 0. The number of nitrogens with one attached hydrogen (secondary N) is 1. The highest BCUT2D eigenvalue weighted by molar-refractivity contribution is 6.29. The van der Waals surface area contributed by atoms with Crippen molar-refractivity contribution in [3.05, 3.63) is 11.9 Å². The summed E-state index contributed by atoms with van der Waals surface area (Å²) >= 11 is 5.15. The van der Waals surface area contributed by atoms with Crippen LogP contribution in [0.25, 0.3) is 0 Å². The van der Waals surface area contributed by atoms with E-state index in [0.717, 1.165) is 13.2 Å². The summed E-state index contributed by atoms with van der Waals surface area (Å²) in [5.41, 5.74) is -1.41. The summed E-state index contributed by atoms with van der Waals surface area (Å²) in [7, 11) is 1.14. The third-order valence-electron chi connectivity index (χ3n) is 1.60. The van der Waals surface area contributed by atoms with E-state index in [0.29, 0.717) is 4.68 Å². The normalized spacial score (nSPS) is 11.5. The van der Waals surface area contributed by atoms with Gasteiger partial charge in [-0.15, -0.1) is 11.6 Å². The molecule has 0 aliphatic heterocycles. The van der Waals surface area contributed by atoms with Crippen LogP contribution in [-0.2, 0) is 18.0 Å². The Hall–Kier alpha value is -1.24. The van der Waals surface area contributed by atoms with Crippen molar-refractivity contribution in [3.63, 3.8) is 0 Å². The molecule has 0 saturated carbocycles. The number of carbonyl (C=O) groups excluding carboxylic acids is 1. The molecule has 0 spiro atoms. The zero-order valence-corrected chi connectivity index (χ0v) is 8.35. The zero-order valence-electron chi connectivity index (χ0n) is 7.60. The fraction of sp³-hybridized carbons (Fsp3) is 0.429. The van der Waals surface area contributed by atoms with Gasteiger partial charge in [-0.3, -0.25) is 9.48 Å². The Labute approximate surface area is 88.0 Å². The molecule has 0 aliphatic carbocycles. The molecule has 0 aromatic carbocycles. The number of anilines is 1. The Bertz CT molecular complexity index is 374. The van der Waals surface area contributed by atoms with Gasteiger partial charge < -0.3 is 5.32 Å². The van der Waals surface area contributed by atoms with Crippen molar-refractivity contribution in [3.8, 4) is 0 Å². The number of aryl methyl sites for hydroxylation is 1. The molecule has 0 radical (unpaired) electrons. The van der Waals surface area contributed by atoms with E-state index < -0.39 is 29.3 Å². The molecular weight excluding hydrogens is 235 g/mol. The van der Waals surface area contributed by atoms with E-state index in [2.05, 4.69) is 5.10 Å². The first-order chi connectivity index (χ1) is 6.86. The standard InChI is InChI=1S/C7H7ClF3N3O/c1-14-6(7(9,10)11)4(3-12-14)13-5(15)2-8/h3H,2H2,1H3,(H,13,15). The van der Waals surface area contributed by atoms with E-state index in [9.17, 15) is 18.0 Å². The molecule has 1 heterocycles. The quantitative estimate of drug-likeness (QED) is 0.800. The Morgan fingerprint density at radius 1 is 1.67 bits per heavy atom. The number of hydrogen-bond donors (Lipinski definition) is 1. The van der Waals surface area contributed by atoms with Gasteiger partial charge >= 0.3 is 6.18 Å². The van der Waals surface area contributed by atoms with Gasteiger partial charge in [0.2, 0.25) is 5.91 Å². The lowest BCUT2D eigenvalue weighted by Gasteiger charge is -2.09. The molecule has 0 fully saturated rings. The minimum Gasteiger partial charge on any atom is -0.322 e. The lowest BCUT2D eigenvalue weighted by Crippen LogP contribution is -2.18. The molecule has 0 aliphatic rings. The number of aromatic nitrogens is 2. The third-order valence-corrected chi connectivity index (χ3v) is 1.85. The second-order valence-corrected chi connectivity index (χ2v) is 2.98. The molecule has 1 N–H and O–H groups in total. The topological polar surface area (TPSA) is 46.9 Å². The Kier molecular flexibility index (Phi) is 3.23. The average Bonchev–Trinajstić information content (AvgIpc) is 2.46. The molecule has 0 bridgehead atoms. The van der Waals surface area contributed by atoms with Crippen molar-refractivity contribution in [1.82, 2.24) is 9.78 Å². The first-order valence-corrected chi connectivity index (χ1v) is 4.34. The van der Waals surface area contributed by atoms with Crippen molar-refractivity contribution in [1.29, 1.82) is 0 Å². The molecule has 0 unspecified atom stereocenters. The maximum absolute atomic E-state index is 12.5. The Morgan fingerprint density at radius 2 is 2.27 bits per heavy atom. The molecule has 0 atom stereocenters. The van der Waals surface area contributed by atoms with Crippen LogP contribution in [0.15, 0.2) is 6.20 Å². The van der Waals surface area contributed by atoms with E-state index in [1.165, 1.54) is 0 Å². The summed E-state index contributed by atoms with van der Waals surface area (Å²) in [6.45, 7) is 0. The van der Waals surface area contributed by atoms with Gasteiger partial charge in [0.15, 0.2) is 5.69 Å².